The van der Waals surface area contributed by atoms with E-state index in [1.54, 1.807) is 0 Å². The second-order valence-electron chi connectivity index (χ2n) is 3.07. The molecule has 0 bridgehead atoms. The quantitative estimate of drug-likeness (QED) is 0.551. The Morgan fingerprint density at radius 3 is 2.50 bits per heavy atom. The molecule has 1 radical (unpaired) electrons. The second-order valence-corrected chi connectivity index (χ2v) is 6.08. The van der Waals surface area contributed by atoms with Gasteiger partial charge in [-0.15, -0.1) is 23.5 Å². The van der Waals surface area contributed by atoms with Gasteiger partial charge in [-0.3, -0.25) is 0 Å². The molecular formula is C8H13S2. The molecule has 0 atom stereocenters. The summed E-state index contributed by atoms with van der Waals surface area (Å²) < 4.78 is 0.651. The van der Waals surface area contributed by atoms with Crippen LogP contribution in [0.2, 0.25) is 0 Å². The molecule has 0 aromatic rings. The van der Waals surface area contributed by atoms with Gasteiger partial charge in [0.05, 0.1) is 4.08 Å². The van der Waals surface area contributed by atoms with Gasteiger partial charge in [-0.2, -0.15) is 0 Å². The van der Waals surface area contributed by atoms with E-state index in [1.807, 2.05) is 0 Å². The summed E-state index contributed by atoms with van der Waals surface area (Å²) in [6, 6.07) is 0. The third-order valence-electron chi connectivity index (χ3n) is 2.33. The first-order valence-electron chi connectivity index (χ1n) is 4.05. The lowest BCUT2D eigenvalue weighted by Gasteiger charge is -2.30. The van der Waals surface area contributed by atoms with Gasteiger partial charge in [-0.1, -0.05) is 19.3 Å². The molecule has 0 aromatic heterocycles. The van der Waals surface area contributed by atoms with Crippen molar-refractivity contribution in [3.63, 3.8) is 0 Å². The minimum atomic E-state index is 0.651. The Bertz CT molecular complexity index is 108. The van der Waals surface area contributed by atoms with Gasteiger partial charge in [0.25, 0.3) is 0 Å². The Morgan fingerprint density at radius 1 is 1.10 bits per heavy atom. The number of hydrogen-bond donors (Lipinski definition) is 0. The van der Waals surface area contributed by atoms with E-state index >= 15 is 0 Å². The monoisotopic (exact) mass is 173 g/mol. The maximum Gasteiger partial charge on any atom is 0.0615 e. The van der Waals surface area contributed by atoms with E-state index in [2.05, 4.69) is 29.3 Å². The first-order chi connectivity index (χ1) is 4.91. The zero-order valence-corrected chi connectivity index (χ0v) is 7.77. The van der Waals surface area contributed by atoms with Crippen LogP contribution in [0.4, 0.5) is 0 Å². The standard InChI is InChI=1S/C8H13S2/c1-2-4-8(5-3-1)9-6-7-10-8/h6H,1-5,7H2. The van der Waals surface area contributed by atoms with E-state index in [0.717, 1.165) is 0 Å². The van der Waals surface area contributed by atoms with Crippen LogP contribution < -0.4 is 0 Å². The Balaban J connectivity index is 1.98. The van der Waals surface area contributed by atoms with Crippen molar-refractivity contribution in [1.82, 2.24) is 0 Å². The van der Waals surface area contributed by atoms with Crippen LogP contribution in [0, 0.1) is 5.75 Å². The van der Waals surface area contributed by atoms with Gasteiger partial charge in [0.1, 0.15) is 0 Å². The first kappa shape index (κ1) is 7.35. The molecule has 0 unspecified atom stereocenters. The highest BCUT2D eigenvalue weighted by Gasteiger charge is 2.36. The lowest BCUT2D eigenvalue weighted by Crippen LogP contribution is -2.20. The maximum atomic E-state index is 2.38. The van der Waals surface area contributed by atoms with Crippen LogP contribution in [0.25, 0.3) is 0 Å². The third kappa shape index (κ3) is 1.33. The molecule has 1 heterocycles. The molecule has 1 saturated heterocycles. The maximum absolute atomic E-state index is 2.38. The van der Waals surface area contributed by atoms with E-state index in [1.165, 1.54) is 37.9 Å². The Labute approximate surface area is 71.5 Å². The molecule has 2 rings (SSSR count). The number of rotatable bonds is 0. The summed E-state index contributed by atoms with van der Waals surface area (Å²) in [5, 5.41) is 0. The summed E-state index contributed by atoms with van der Waals surface area (Å²) >= 11 is 4.28. The summed E-state index contributed by atoms with van der Waals surface area (Å²) in [5.41, 5.74) is 0. The predicted molar refractivity (Wildman–Crippen MR) is 50.2 cm³/mol. The summed E-state index contributed by atoms with van der Waals surface area (Å²) in [6.45, 7) is 0. The highest BCUT2D eigenvalue weighted by atomic mass is 32.2. The minimum absolute atomic E-state index is 0.651. The largest absolute Gasteiger partial charge is 0.143 e. The van der Waals surface area contributed by atoms with Gasteiger partial charge in [-0.25, -0.2) is 0 Å². The molecule has 1 saturated carbocycles. The van der Waals surface area contributed by atoms with E-state index in [0.29, 0.717) is 4.08 Å². The van der Waals surface area contributed by atoms with Crippen LogP contribution in [0.5, 0.6) is 0 Å². The predicted octanol–water partition coefficient (Wildman–Crippen LogP) is 3.29. The van der Waals surface area contributed by atoms with Crippen LogP contribution in [0.3, 0.4) is 0 Å². The zero-order valence-electron chi connectivity index (χ0n) is 6.14. The lowest BCUT2D eigenvalue weighted by atomic mass is 10.00. The van der Waals surface area contributed by atoms with Crippen LogP contribution in [0.1, 0.15) is 32.1 Å². The molecule has 1 aliphatic carbocycles. The molecule has 10 heavy (non-hydrogen) atoms. The fraction of sp³-hybridized carbons (Fsp3) is 0.875. The minimum Gasteiger partial charge on any atom is -0.143 e. The summed E-state index contributed by atoms with van der Waals surface area (Å²) in [6.07, 6.45) is 7.32. The van der Waals surface area contributed by atoms with Crippen LogP contribution in [-0.4, -0.2) is 9.83 Å². The highest BCUT2D eigenvalue weighted by Crippen LogP contribution is 2.54. The van der Waals surface area contributed by atoms with Crippen molar-refractivity contribution in [3.8, 4) is 0 Å². The molecule has 0 nitrogen and oxygen atoms in total. The van der Waals surface area contributed by atoms with E-state index in [4.69, 9.17) is 0 Å². The molecule has 0 aromatic carbocycles. The molecule has 1 spiro atoms. The van der Waals surface area contributed by atoms with Gasteiger partial charge in [0.15, 0.2) is 0 Å². The molecule has 0 N–H and O–H groups in total. The van der Waals surface area contributed by atoms with Crippen molar-refractivity contribution >= 4 is 23.5 Å². The summed E-state index contributed by atoms with van der Waals surface area (Å²) in [5.74, 6) is 3.67. The summed E-state index contributed by atoms with van der Waals surface area (Å²) in [7, 11) is 0. The van der Waals surface area contributed by atoms with Gasteiger partial charge >= 0.3 is 0 Å². The molecule has 2 fully saturated rings. The zero-order chi connectivity index (χ0) is 6.86. The van der Waals surface area contributed by atoms with Crippen molar-refractivity contribution in [2.24, 2.45) is 0 Å². The summed E-state index contributed by atoms with van der Waals surface area (Å²) in [4.78, 5) is 0. The van der Waals surface area contributed by atoms with Crippen molar-refractivity contribution in [1.29, 1.82) is 0 Å². The highest BCUT2D eigenvalue weighted by molar-refractivity contribution is 8.22. The average molecular weight is 173 g/mol. The molecule has 0 amide bonds. The fourth-order valence-corrected chi connectivity index (χ4v) is 4.69. The van der Waals surface area contributed by atoms with E-state index in [9.17, 15) is 0 Å². The van der Waals surface area contributed by atoms with Crippen LogP contribution in [0.15, 0.2) is 0 Å². The number of thioether (sulfide) groups is 2. The lowest BCUT2D eigenvalue weighted by molar-refractivity contribution is 0.493. The second kappa shape index (κ2) is 2.98. The topological polar surface area (TPSA) is 0 Å². The van der Waals surface area contributed by atoms with Gasteiger partial charge in [-0.05, 0) is 12.8 Å². The average Bonchev–Trinajstić information content (AvgIpc) is 2.39. The molecule has 1 aliphatic heterocycles. The number of hydrogen-bond acceptors (Lipinski definition) is 2. The van der Waals surface area contributed by atoms with Crippen molar-refractivity contribution in [2.45, 2.75) is 36.2 Å². The Kier molecular flexibility index (Phi) is 2.19. The molecule has 2 heteroatoms. The normalized spacial score (nSPS) is 31.2. The smallest absolute Gasteiger partial charge is 0.0615 e. The Hall–Kier alpha value is 0.700. The van der Waals surface area contributed by atoms with Gasteiger partial charge in [0, 0.05) is 11.5 Å². The van der Waals surface area contributed by atoms with Crippen LogP contribution >= 0.6 is 23.5 Å². The first-order valence-corrected chi connectivity index (χ1v) is 5.91. The third-order valence-corrected chi connectivity index (χ3v) is 5.62. The SMILES string of the molecule is [CH]1CSC2(CCCCC2)S1. The molecule has 57 valence electrons. The van der Waals surface area contributed by atoms with Gasteiger partial charge < -0.3 is 0 Å². The van der Waals surface area contributed by atoms with Crippen molar-refractivity contribution in [3.05, 3.63) is 5.75 Å². The Morgan fingerprint density at radius 2 is 1.90 bits per heavy atom. The van der Waals surface area contributed by atoms with E-state index in [-0.39, 0.29) is 0 Å². The molecular weight excluding hydrogens is 160 g/mol. The fourth-order valence-electron chi connectivity index (χ4n) is 1.76. The van der Waals surface area contributed by atoms with E-state index < -0.39 is 0 Å². The van der Waals surface area contributed by atoms with Crippen molar-refractivity contribution in [2.75, 3.05) is 5.75 Å². The molecule has 2 aliphatic rings. The van der Waals surface area contributed by atoms with Crippen LogP contribution in [-0.2, 0) is 0 Å². The van der Waals surface area contributed by atoms with Gasteiger partial charge in [0.2, 0.25) is 0 Å². The van der Waals surface area contributed by atoms with Crippen molar-refractivity contribution < 1.29 is 0 Å².